The molecule has 1 aromatic rings. The lowest BCUT2D eigenvalue weighted by molar-refractivity contribution is 0.283. The van der Waals surface area contributed by atoms with E-state index in [1.54, 1.807) is 0 Å². The van der Waals surface area contributed by atoms with E-state index >= 15 is 0 Å². The lowest BCUT2D eigenvalue weighted by Gasteiger charge is -2.13. The molecule has 0 aliphatic carbocycles. The molecular weight excluding hydrogens is 192 g/mol. The molecule has 15 heavy (non-hydrogen) atoms. The van der Waals surface area contributed by atoms with Gasteiger partial charge in [-0.3, -0.25) is 0 Å². The van der Waals surface area contributed by atoms with Gasteiger partial charge in [0.2, 0.25) is 0 Å². The van der Waals surface area contributed by atoms with E-state index in [2.05, 4.69) is 17.4 Å². The van der Waals surface area contributed by atoms with Crippen LogP contribution in [0.25, 0.3) is 0 Å². The minimum Gasteiger partial charge on any atom is -0.396 e. The fraction of sp³-hybridized carbons (Fsp3) is 0.727. The predicted molar refractivity (Wildman–Crippen MR) is 58.7 cm³/mol. The number of aromatic nitrogens is 1. The molecular formula is C11H20N2O2. The third kappa shape index (κ3) is 3.32. The van der Waals surface area contributed by atoms with Gasteiger partial charge in [-0.15, -0.1) is 0 Å². The molecule has 1 rings (SSSR count). The van der Waals surface area contributed by atoms with Gasteiger partial charge in [-0.25, -0.2) is 0 Å². The van der Waals surface area contributed by atoms with Crippen molar-refractivity contribution in [2.24, 2.45) is 0 Å². The number of hydrogen-bond donors (Lipinski definition) is 2. The second-order valence-corrected chi connectivity index (χ2v) is 3.84. The molecule has 0 aromatic carbocycles. The van der Waals surface area contributed by atoms with Crippen LogP contribution >= 0.6 is 0 Å². The van der Waals surface area contributed by atoms with Crippen molar-refractivity contribution in [3.63, 3.8) is 0 Å². The Hall–Kier alpha value is -0.870. The van der Waals surface area contributed by atoms with Gasteiger partial charge in [-0.1, -0.05) is 5.16 Å². The number of aliphatic hydroxyl groups is 1. The van der Waals surface area contributed by atoms with Gasteiger partial charge in [0.05, 0.1) is 5.69 Å². The zero-order valence-corrected chi connectivity index (χ0v) is 9.71. The van der Waals surface area contributed by atoms with Crippen LogP contribution in [0.1, 0.15) is 42.8 Å². The van der Waals surface area contributed by atoms with Gasteiger partial charge in [0.25, 0.3) is 0 Å². The van der Waals surface area contributed by atoms with Crippen LogP contribution in [-0.2, 0) is 0 Å². The van der Waals surface area contributed by atoms with Crippen molar-refractivity contribution in [1.29, 1.82) is 0 Å². The summed E-state index contributed by atoms with van der Waals surface area (Å²) in [4.78, 5) is 0. The minimum absolute atomic E-state index is 0.259. The lowest BCUT2D eigenvalue weighted by atomic mass is 10.1. The Bertz CT molecular complexity index is 277. The topological polar surface area (TPSA) is 58.3 Å². The molecule has 0 amide bonds. The van der Waals surface area contributed by atoms with E-state index in [9.17, 15) is 0 Å². The van der Waals surface area contributed by atoms with Crippen molar-refractivity contribution in [3.05, 3.63) is 17.0 Å². The zero-order valence-electron chi connectivity index (χ0n) is 9.71. The maximum atomic E-state index is 8.65. The van der Waals surface area contributed by atoms with E-state index in [0.717, 1.165) is 36.4 Å². The smallest absolute Gasteiger partial charge is 0.138 e. The fourth-order valence-electron chi connectivity index (χ4n) is 1.77. The molecule has 1 atom stereocenters. The summed E-state index contributed by atoms with van der Waals surface area (Å²) < 4.78 is 5.11. The first kappa shape index (κ1) is 12.2. The largest absolute Gasteiger partial charge is 0.396 e. The predicted octanol–water partition coefficient (Wildman–Crippen LogP) is 1.71. The van der Waals surface area contributed by atoms with Gasteiger partial charge in [0, 0.05) is 18.2 Å². The fourth-order valence-corrected chi connectivity index (χ4v) is 1.77. The Morgan fingerprint density at radius 1 is 1.40 bits per heavy atom. The summed E-state index contributed by atoms with van der Waals surface area (Å²) in [6, 6.07) is 0.259. The molecule has 0 saturated heterocycles. The van der Waals surface area contributed by atoms with Crippen molar-refractivity contribution in [2.75, 3.05) is 13.2 Å². The summed E-state index contributed by atoms with van der Waals surface area (Å²) in [5.74, 6) is 0.884. The zero-order chi connectivity index (χ0) is 11.3. The average molecular weight is 212 g/mol. The first-order valence-corrected chi connectivity index (χ1v) is 5.43. The van der Waals surface area contributed by atoms with Crippen molar-refractivity contribution in [3.8, 4) is 0 Å². The van der Waals surface area contributed by atoms with E-state index in [-0.39, 0.29) is 12.6 Å². The van der Waals surface area contributed by atoms with Crippen LogP contribution in [0.2, 0.25) is 0 Å². The lowest BCUT2D eigenvalue weighted by Crippen LogP contribution is -2.20. The van der Waals surface area contributed by atoms with Crippen LogP contribution < -0.4 is 5.32 Å². The van der Waals surface area contributed by atoms with E-state index in [1.165, 1.54) is 0 Å². The van der Waals surface area contributed by atoms with Crippen LogP contribution in [0.15, 0.2) is 4.52 Å². The first-order valence-electron chi connectivity index (χ1n) is 5.43. The van der Waals surface area contributed by atoms with Crippen molar-refractivity contribution < 1.29 is 9.63 Å². The minimum atomic E-state index is 0.259. The third-order valence-electron chi connectivity index (χ3n) is 2.56. The number of nitrogens with one attached hydrogen (secondary N) is 1. The number of aryl methyl sites for hydroxylation is 2. The summed E-state index contributed by atoms with van der Waals surface area (Å²) >= 11 is 0. The highest BCUT2D eigenvalue weighted by Gasteiger charge is 2.15. The van der Waals surface area contributed by atoms with E-state index in [0.29, 0.717) is 0 Å². The average Bonchev–Trinajstić information content (AvgIpc) is 2.53. The van der Waals surface area contributed by atoms with Crippen LogP contribution in [0, 0.1) is 13.8 Å². The second kappa shape index (κ2) is 5.88. The molecule has 0 bridgehead atoms. The highest BCUT2D eigenvalue weighted by atomic mass is 16.5. The highest BCUT2D eigenvalue weighted by Crippen LogP contribution is 2.20. The summed E-state index contributed by atoms with van der Waals surface area (Å²) in [6.45, 7) is 7.16. The monoisotopic (exact) mass is 212 g/mol. The SMILES string of the molecule is Cc1noc(C)c1C(C)NCCCCO. The first-order chi connectivity index (χ1) is 7.16. The van der Waals surface area contributed by atoms with Gasteiger partial charge in [-0.05, 0) is 40.2 Å². The van der Waals surface area contributed by atoms with Crippen molar-refractivity contribution in [2.45, 2.75) is 39.7 Å². The molecule has 0 spiro atoms. The molecule has 0 radical (unpaired) electrons. The molecule has 2 N–H and O–H groups in total. The Morgan fingerprint density at radius 2 is 2.13 bits per heavy atom. The standard InChI is InChI=1S/C11H20N2O2/c1-8(12-6-4-5-7-14)11-9(2)13-15-10(11)3/h8,12,14H,4-7H2,1-3H3. The maximum Gasteiger partial charge on any atom is 0.138 e. The number of hydrogen-bond acceptors (Lipinski definition) is 4. The molecule has 1 unspecified atom stereocenters. The van der Waals surface area contributed by atoms with E-state index < -0.39 is 0 Å². The van der Waals surface area contributed by atoms with Gasteiger partial charge >= 0.3 is 0 Å². The Morgan fingerprint density at radius 3 is 2.67 bits per heavy atom. The summed E-state index contributed by atoms with van der Waals surface area (Å²) in [7, 11) is 0. The summed E-state index contributed by atoms with van der Waals surface area (Å²) in [5, 5.41) is 16.0. The van der Waals surface area contributed by atoms with Crippen LogP contribution in [0.3, 0.4) is 0 Å². The van der Waals surface area contributed by atoms with Crippen LogP contribution in [0.5, 0.6) is 0 Å². The molecule has 0 saturated carbocycles. The number of unbranched alkanes of at least 4 members (excludes halogenated alkanes) is 1. The Kier molecular flexibility index (Phi) is 4.78. The molecule has 0 fully saturated rings. The molecule has 1 aromatic heterocycles. The number of aliphatic hydroxyl groups excluding tert-OH is 1. The molecule has 0 aliphatic rings. The van der Waals surface area contributed by atoms with Gasteiger partial charge < -0.3 is 14.9 Å². The van der Waals surface area contributed by atoms with E-state index in [1.807, 2.05) is 13.8 Å². The van der Waals surface area contributed by atoms with Gasteiger partial charge in [0.1, 0.15) is 5.76 Å². The van der Waals surface area contributed by atoms with Crippen LogP contribution in [0.4, 0.5) is 0 Å². The normalized spacial score (nSPS) is 13.1. The van der Waals surface area contributed by atoms with Crippen LogP contribution in [-0.4, -0.2) is 23.4 Å². The van der Waals surface area contributed by atoms with Crippen molar-refractivity contribution >= 4 is 0 Å². The molecule has 86 valence electrons. The Balaban J connectivity index is 2.43. The summed E-state index contributed by atoms with van der Waals surface area (Å²) in [5.41, 5.74) is 2.11. The molecule has 4 heteroatoms. The Labute approximate surface area is 90.7 Å². The molecule has 0 aliphatic heterocycles. The maximum absolute atomic E-state index is 8.65. The number of nitrogens with zero attached hydrogens (tertiary/aromatic N) is 1. The van der Waals surface area contributed by atoms with E-state index in [4.69, 9.17) is 9.63 Å². The summed E-state index contributed by atoms with van der Waals surface area (Å²) in [6.07, 6.45) is 1.84. The third-order valence-corrected chi connectivity index (χ3v) is 2.56. The highest BCUT2D eigenvalue weighted by molar-refractivity contribution is 5.24. The second-order valence-electron chi connectivity index (χ2n) is 3.84. The van der Waals surface area contributed by atoms with Gasteiger partial charge in [0.15, 0.2) is 0 Å². The number of rotatable bonds is 6. The quantitative estimate of drug-likeness (QED) is 0.705. The van der Waals surface area contributed by atoms with Crippen molar-refractivity contribution in [1.82, 2.24) is 10.5 Å². The molecule has 4 nitrogen and oxygen atoms in total. The van der Waals surface area contributed by atoms with Gasteiger partial charge in [-0.2, -0.15) is 0 Å². The molecule has 1 heterocycles.